The highest BCUT2D eigenvalue weighted by molar-refractivity contribution is 6.33. The van der Waals surface area contributed by atoms with Crippen molar-refractivity contribution in [3.63, 3.8) is 0 Å². The number of hydrogen-bond donors (Lipinski definition) is 1. The van der Waals surface area contributed by atoms with Crippen LogP contribution in [0.3, 0.4) is 0 Å². The van der Waals surface area contributed by atoms with Gasteiger partial charge in [-0.05, 0) is 43.0 Å². The predicted molar refractivity (Wildman–Crippen MR) is 69.5 cm³/mol. The van der Waals surface area contributed by atoms with E-state index in [2.05, 4.69) is 12.2 Å². The quantitative estimate of drug-likeness (QED) is 0.901. The number of rotatable bonds is 3. The van der Waals surface area contributed by atoms with Crippen LogP contribution < -0.4 is 14.8 Å². The predicted octanol–water partition coefficient (Wildman–Crippen LogP) is 2.74. The molecular formula is C13H18ClNO2. The van der Waals surface area contributed by atoms with Crippen LogP contribution in [0.4, 0.5) is 0 Å². The lowest BCUT2D eigenvalue weighted by molar-refractivity contribution is 0.354. The maximum absolute atomic E-state index is 6.45. The zero-order valence-corrected chi connectivity index (χ0v) is 11.2. The molecule has 3 nitrogen and oxygen atoms in total. The van der Waals surface area contributed by atoms with Crippen LogP contribution in [0.15, 0.2) is 6.07 Å². The maximum atomic E-state index is 6.45. The van der Waals surface area contributed by atoms with E-state index in [0.717, 1.165) is 19.5 Å². The van der Waals surface area contributed by atoms with Gasteiger partial charge >= 0.3 is 0 Å². The molecule has 0 radical (unpaired) electrons. The average molecular weight is 256 g/mol. The summed E-state index contributed by atoms with van der Waals surface area (Å²) in [6.07, 6.45) is 1.12. The summed E-state index contributed by atoms with van der Waals surface area (Å²) in [5.74, 6) is 1.81. The first kappa shape index (κ1) is 12.5. The Morgan fingerprint density at radius 1 is 1.35 bits per heavy atom. The molecule has 17 heavy (non-hydrogen) atoms. The monoisotopic (exact) mass is 255 g/mol. The summed E-state index contributed by atoms with van der Waals surface area (Å²) in [7, 11) is 3.25. The Bertz CT molecular complexity index is 414. The second-order valence-corrected chi connectivity index (χ2v) is 4.72. The molecule has 1 heterocycles. The Morgan fingerprint density at radius 2 is 2.12 bits per heavy atom. The van der Waals surface area contributed by atoms with Gasteiger partial charge in [0.1, 0.15) is 0 Å². The molecular weight excluding hydrogens is 238 g/mol. The topological polar surface area (TPSA) is 30.5 Å². The Kier molecular flexibility index (Phi) is 3.79. The zero-order valence-electron chi connectivity index (χ0n) is 10.5. The van der Waals surface area contributed by atoms with Gasteiger partial charge in [-0.3, -0.25) is 0 Å². The minimum atomic E-state index is 0.474. The van der Waals surface area contributed by atoms with Crippen LogP contribution in [0.5, 0.6) is 11.5 Å². The number of ether oxygens (including phenoxy) is 2. The fourth-order valence-electron chi connectivity index (χ4n) is 2.49. The summed E-state index contributed by atoms with van der Waals surface area (Å²) in [5, 5.41) is 4.05. The summed E-state index contributed by atoms with van der Waals surface area (Å²) in [6.45, 7) is 4.10. The molecule has 0 bridgehead atoms. The molecule has 1 fully saturated rings. The lowest BCUT2D eigenvalue weighted by Gasteiger charge is -2.19. The number of benzene rings is 1. The molecule has 0 aliphatic carbocycles. The number of nitrogens with one attached hydrogen (secondary N) is 1. The van der Waals surface area contributed by atoms with E-state index in [1.807, 2.05) is 6.07 Å². The van der Waals surface area contributed by atoms with Gasteiger partial charge in [-0.2, -0.15) is 0 Å². The molecule has 0 spiro atoms. The van der Waals surface area contributed by atoms with Crippen molar-refractivity contribution in [2.24, 2.45) is 0 Å². The molecule has 0 amide bonds. The number of halogens is 1. The van der Waals surface area contributed by atoms with E-state index >= 15 is 0 Å². The van der Waals surface area contributed by atoms with Crippen LogP contribution in [-0.2, 0) is 0 Å². The molecule has 4 heteroatoms. The van der Waals surface area contributed by atoms with Crippen LogP contribution in [0, 0.1) is 6.92 Å². The van der Waals surface area contributed by atoms with E-state index in [1.54, 1.807) is 14.2 Å². The fraction of sp³-hybridized carbons (Fsp3) is 0.538. The van der Waals surface area contributed by atoms with Gasteiger partial charge in [0.05, 0.1) is 19.2 Å². The highest BCUT2D eigenvalue weighted by Gasteiger charge is 2.25. The fourth-order valence-corrected chi connectivity index (χ4v) is 2.96. The molecule has 1 aromatic carbocycles. The van der Waals surface area contributed by atoms with Crippen LogP contribution in [0.1, 0.15) is 23.5 Å². The van der Waals surface area contributed by atoms with Crippen molar-refractivity contribution in [3.05, 3.63) is 22.2 Å². The first-order valence-electron chi connectivity index (χ1n) is 5.80. The van der Waals surface area contributed by atoms with Gasteiger partial charge < -0.3 is 14.8 Å². The average Bonchev–Trinajstić information content (AvgIpc) is 2.82. The second kappa shape index (κ2) is 5.15. The van der Waals surface area contributed by atoms with Gasteiger partial charge in [-0.15, -0.1) is 0 Å². The maximum Gasteiger partial charge on any atom is 0.179 e. The lowest BCUT2D eigenvalue weighted by Crippen LogP contribution is -2.09. The lowest BCUT2D eigenvalue weighted by atomic mass is 9.93. The van der Waals surface area contributed by atoms with E-state index in [9.17, 15) is 0 Å². The van der Waals surface area contributed by atoms with Crippen molar-refractivity contribution < 1.29 is 9.47 Å². The van der Waals surface area contributed by atoms with Crippen LogP contribution in [0.25, 0.3) is 0 Å². The van der Waals surface area contributed by atoms with E-state index in [4.69, 9.17) is 21.1 Å². The van der Waals surface area contributed by atoms with Crippen molar-refractivity contribution in [1.82, 2.24) is 5.32 Å². The molecule has 1 aliphatic heterocycles. The standard InChI is InChI=1S/C13H18ClNO2/c1-8-6-10(16-2)13(17-3)12(14)11(8)9-4-5-15-7-9/h6,9,15H,4-5,7H2,1-3H3. The molecule has 0 saturated carbocycles. The third-order valence-corrected chi connectivity index (χ3v) is 3.70. The Labute approximate surface area is 107 Å². The largest absolute Gasteiger partial charge is 0.493 e. The smallest absolute Gasteiger partial charge is 0.179 e. The highest BCUT2D eigenvalue weighted by atomic mass is 35.5. The number of methoxy groups -OCH3 is 2. The van der Waals surface area contributed by atoms with Crippen LogP contribution in [0.2, 0.25) is 5.02 Å². The first-order valence-corrected chi connectivity index (χ1v) is 6.18. The minimum Gasteiger partial charge on any atom is -0.493 e. The molecule has 1 aromatic rings. The van der Waals surface area contributed by atoms with Gasteiger partial charge in [0, 0.05) is 6.54 Å². The SMILES string of the molecule is COc1cc(C)c(C2CCNC2)c(Cl)c1OC. The third kappa shape index (κ3) is 2.22. The minimum absolute atomic E-state index is 0.474. The molecule has 0 aromatic heterocycles. The summed E-state index contributed by atoms with van der Waals surface area (Å²) < 4.78 is 10.6. The normalized spacial score (nSPS) is 19.4. The molecule has 2 rings (SSSR count). The van der Waals surface area contributed by atoms with Crippen molar-refractivity contribution in [3.8, 4) is 11.5 Å². The molecule has 1 atom stereocenters. The van der Waals surface area contributed by atoms with E-state index in [-0.39, 0.29) is 0 Å². The highest BCUT2D eigenvalue weighted by Crippen LogP contribution is 2.43. The van der Waals surface area contributed by atoms with E-state index in [0.29, 0.717) is 22.4 Å². The number of aryl methyl sites for hydroxylation is 1. The number of hydrogen-bond acceptors (Lipinski definition) is 3. The van der Waals surface area contributed by atoms with Gasteiger partial charge in [0.2, 0.25) is 0 Å². The van der Waals surface area contributed by atoms with Crippen molar-refractivity contribution in [1.29, 1.82) is 0 Å². The Hall–Kier alpha value is -0.930. The Morgan fingerprint density at radius 3 is 2.65 bits per heavy atom. The van der Waals surface area contributed by atoms with Crippen molar-refractivity contribution >= 4 is 11.6 Å². The zero-order chi connectivity index (χ0) is 12.4. The van der Waals surface area contributed by atoms with Crippen LogP contribution >= 0.6 is 11.6 Å². The third-order valence-electron chi connectivity index (χ3n) is 3.32. The van der Waals surface area contributed by atoms with E-state index in [1.165, 1.54) is 11.1 Å². The second-order valence-electron chi connectivity index (χ2n) is 4.35. The molecule has 1 saturated heterocycles. The Balaban J connectivity index is 2.51. The summed E-state index contributed by atoms with van der Waals surface area (Å²) in [5.41, 5.74) is 2.36. The van der Waals surface area contributed by atoms with Gasteiger partial charge in [-0.1, -0.05) is 11.6 Å². The van der Waals surface area contributed by atoms with Gasteiger partial charge in [0.15, 0.2) is 11.5 Å². The summed E-state index contributed by atoms with van der Waals surface area (Å²) in [6, 6.07) is 2.00. The first-order chi connectivity index (χ1) is 8.19. The molecule has 1 unspecified atom stereocenters. The molecule has 94 valence electrons. The van der Waals surface area contributed by atoms with Crippen LogP contribution in [-0.4, -0.2) is 27.3 Å². The molecule has 1 aliphatic rings. The summed E-state index contributed by atoms with van der Waals surface area (Å²) >= 11 is 6.45. The van der Waals surface area contributed by atoms with Crippen molar-refractivity contribution in [2.45, 2.75) is 19.3 Å². The molecule has 1 N–H and O–H groups in total. The van der Waals surface area contributed by atoms with Gasteiger partial charge in [-0.25, -0.2) is 0 Å². The van der Waals surface area contributed by atoms with Crippen molar-refractivity contribution in [2.75, 3.05) is 27.3 Å². The van der Waals surface area contributed by atoms with Gasteiger partial charge in [0.25, 0.3) is 0 Å². The summed E-state index contributed by atoms with van der Waals surface area (Å²) in [4.78, 5) is 0. The van der Waals surface area contributed by atoms with E-state index < -0.39 is 0 Å².